The molecule has 9 heteroatoms. The molecule has 0 aromatic heterocycles. The highest BCUT2D eigenvalue weighted by Gasteiger charge is 2.64. The molecule has 0 aromatic rings. The van der Waals surface area contributed by atoms with Crippen LogP contribution in [0.25, 0.3) is 4.85 Å². The van der Waals surface area contributed by atoms with Crippen molar-refractivity contribution in [3.05, 3.63) is 11.4 Å². The van der Waals surface area contributed by atoms with Crippen molar-refractivity contribution in [1.82, 2.24) is 4.90 Å². The fourth-order valence-electron chi connectivity index (χ4n) is 6.86. The molecular formula is C20H25F4N3O2. The Morgan fingerprint density at radius 3 is 2.24 bits per heavy atom. The summed E-state index contributed by atoms with van der Waals surface area (Å²) in [4.78, 5) is 27.2. The molecule has 0 radical (unpaired) electrons. The minimum absolute atomic E-state index is 0.0680. The van der Waals surface area contributed by atoms with Crippen LogP contribution in [0, 0.1) is 29.7 Å². The summed E-state index contributed by atoms with van der Waals surface area (Å²) in [6.07, 6.45) is 0.541. The number of carbonyl (C=O) groups is 2. The summed E-state index contributed by atoms with van der Waals surface area (Å²) in [7, 11) is 0. The molecule has 29 heavy (non-hydrogen) atoms. The molecule has 4 bridgehead atoms. The summed E-state index contributed by atoms with van der Waals surface area (Å²) in [5.41, 5.74) is 5.05. The summed E-state index contributed by atoms with van der Waals surface area (Å²) in [5.74, 6) is 1.25. The van der Waals surface area contributed by atoms with Gasteiger partial charge in [-0.2, -0.15) is 13.2 Å². The van der Waals surface area contributed by atoms with E-state index in [4.69, 9.17) is 17.1 Å². The molecule has 3 unspecified atom stereocenters. The summed E-state index contributed by atoms with van der Waals surface area (Å²) in [6.45, 7) is 7.36. The Morgan fingerprint density at radius 1 is 1.17 bits per heavy atom. The molecule has 6 rings (SSSR count). The van der Waals surface area contributed by atoms with E-state index in [-0.39, 0.29) is 23.5 Å². The highest BCUT2D eigenvalue weighted by molar-refractivity contribution is 5.84. The van der Waals surface area contributed by atoms with Gasteiger partial charge < -0.3 is 5.73 Å². The second-order valence-electron chi connectivity index (χ2n) is 9.77. The first kappa shape index (κ1) is 20.6. The summed E-state index contributed by atoms with van der Waals surface area (Å²) in [6, 6.07) is -0.381. The Hall–Kier alpha value is -1.69. The average molecular weight is 415 g/mol. The number of amides is 1. The van der Waals surface area contributed by atoms with Crippen molar-refractivity contribution in [2.24, 2.45) is 28.9 Å². The first-order valence-electron chi connectivity index (χ1n) is 10.2. The Kier molecular flexibility index (Phi) is 4.72. The number of carbonyl (C=O) groups excluding carboxylic acids is 2. The molecule has 6 aliphatic rings. The SMILES string of the molecule is O=CC(F)(F)F.[C-]#[N+][C@@H]1C[C@@H]2CC2N1C(=O)[C@@H](N)C12CC3CC(CC(F)(C3)C1)C2. The number of hydrogen-bond acceptors (Lipinski definition) is 3. The largest absolute Gasteiger partial charge is 0.446 e. The van der Waals surface area contributed by atoms with Gasteiger partial charge in [-0.05, 0) is 68.1 Å². The third-order valence-electron chi connectivity index (χ3n) is 7.58. The Labute approximate surface area is 166 Å². The molecule has 1 aliphatic heterocycles. The smallest absolute Gasteiger partial charge is 0.319 e. The van der Waals surface area contributed by atoms with Crippen molar-refractivity contribution in [2.75, 3.05) is 0 Å². The average Bonchev–Trinajstić information content (AvgIpc) is 3.28. The number of rotatable bonds is 2. The zero-order valence-electron chi connectivity index (χ0n) is 16.0. The van der Waals surface area contributed by atoms with Gasteiger partial charge in [0.05, 0.1) is 6.04 Å². The third-order valence-corrected chi connectivity index (χ3v) is 7.58. The predicted octanol–water partition coefficient (Wildman–Crippen LogP) is 3.24. The van der Waals surface area contributed by atoms with Gasteiger partial charge in [-0.1, -0.05) is 0 Å². The molecule has 5 nitrogen and oxygen atoms in total. The topological polar surface area (TPSA) is 67.8 Å². The zero-order valence-corrected chi connectivity index (χ0v) is 16.0. The highest BCUT2D eigenvalue weighted by atomic mass is 19.4. The summed E-state index contributed by atoms with van der Waals surface area (Å²) in [5, 5.41) is 0. The lowest BCUT2D eigenvalue weighted by atomic mass is 9.46. The van der Waals surface area contributed by atoms with Gasteiger partial charge in [0.15, 0.2) is 0 Å². The standard InChI is InChI=1S/C18H24FN3O.C2HF3O/c1-21-14-4-12-3-13(12)22(14)16(23)15(20)17-5-10-2-11(6-17)8-18(19,7-10)9-17;3-2(4,5)1-6/h10-15H,2-9,20H2;1H/t10?,11?,12-,13?,14-,15+,17?,18?;/m0./s1. The number of nitrogens with two attached hydrogens (primary N) is 1. The van der Waals surface area contributed by atoms with Gasteiger partial charge in [-0.25, -0.2) is 11.0 Å². The maximum Gasteiger partial charge on any atom is 0.446 e. The second-order valence-corrected chi connectivity index (χ2v) is 9.77. The second kappa shape index (κ2) is 6.66. The quantitative estimate of drug-likeness (QED) is 0.428. The predicted molar refractivity (Wildman–Crippen MR) is 94.8 cm³/mol. The maximum absolute atomic E-state index is 15.1. The van der Waals surface area contributed by atoms with E-state index < -0.39 is 24.2 Å². The lowest BCUT2D eigenvalue weighted by Crippen LogP contribution is -2.63. The van der Waals surface area contributed by atoms with Crippen LogP contribution in [0.2, 0.25) is 0 Å². The van der Waals surface area contributed by atoms with Crippen molar-refractivity contribution < 1.29 is 27.2 Å². The minimum Gasteiger partial charge on any atom is -0.319 e. The first-order valence-corrected chi connectivity index (χ1v) is 10.2. The molecule has 5 saturated carbocycles. The van der Waals surface area contributed by atoms with Crippen molar-refractivity contribution in [3.8, 4) is 0 Å². The van der Waals surface area contributed by atoms with Gasteiger partial charge in [-0.15, -0.1) is 0 Å². The Morgan fingerprint density at radius 2 is 1.76 bits per heavy atom. The van der Waals surface area contributed by atoms with E-state index in [1.54, 1.807) is 4.90 Å². The third kappa shape index (κ3) is 3.65. The van der Waals surface area contributed by atoms with Gasteiger partial charge in [0, 0.05) is 12.5 Å². The lowest BCUT2D eigenvalue weighted by Gasteiger charge is -2.60. The van der Waals surface area contributed by atoms with E-state index >= 15 is 4.39 Å². The Balaban J connectivity index is 0.000000302. The molecule has 1 saturated heterocycles. The molecular weight excluding hydrogens is 390 g/mol. The highest BCUT2D eigenvalue weighted by Crippen LogP contribution is 2.64. The monoisotopic (exact) mass is 415 g/mol. The fourth-order valence-corrected chi connectivity index (χ4v) is 6.86. The van der Waals surface area contributed by atoms with Gasteiger partial charge >= 0.3 is 12.3 Å². The number of nitrogens with zero attached hydrogens (tertiary/aromatic N) is 2. The van der Waals surface area contributed by atoms with E-state index in [1.165, 1.54) is 0 Å². The number of hydrogen-bond donors (Lipinski definition) is 1. The number of aldehydes is 1. The van der Waals surface area contributed by atoms with Crippen LogP contribution in [0.15, 0.2) is 0 Å². The number of halogens is 4. The van der Waals surface area contributed by atoms with E-state index in [0.29, 0.717) is 37.0 Å². The van der Waals surface area contributed by atoms with Crippen molar-refractivity contribution >= 4 is 12.2 Å². The van der Waals surface area contributed by atoms with Crippen LogP contribution >= 0.6 is 0 Å². The normalized spacial score (nSPS) is 45.0. The number of fused-ring (bicyclic) bond motifs is 1. The van der Waals surface area contributed by atoms with E-state index in [1.807, 2.05) is 0 Å². The van der Waals surface area contributed by atoms with Gasteiger partial charge in [0.25, 0.3) is 0 Å². The fraction of sp³-hybridized carbons (Fsp3) is 0.850. The van der Waals surface area contributed by atoms with Crippen LogP contribution < -0.4 is 5.73 Å². The molecule has 2 N–H and O–H groups in total. The van der Waals surface area contributed by atoms with Crippen LogP contribution in [0.1, 0.15) is 51.4 Å². The Bertz CT molecular complexity index is 735. The van der Waals surface area contributed by atoms with Crippen LogP contribution in [0.3, 0.4) is 0 Å². The van der Waals surface area contributed by atoms with Gasteiger partial charge in [-0.3, -0.25) is 19.3 Å². The van der Waals surface area contributed by atoms with Gasteiger partial charge in [0.1, 0.15) is 5.67 Å². The molecule has 5 aliphatic carbocycles. The zero-order chi connectivity index (χ0) is 21.2. The van der Waals surface area contributed by atoms with Crippen LogP contribution in [0.5, 0.6) is 0 Å². The molecule has 0 aromatic carbocycles. The van der Waals surface area contributed by atoms with Crippen molar-refractivity contribution in [3.63, 3.8) is 0 Å². The number of piperidine rings is 1. The number of alkyl halides is 4. The molecule has 160 valence electrons. The summed E-state index contributed by atoms with van der Waals surface area (Å²) < 4.78 is 46.4. The molecule has 0 spiro atoms. The molecule has 1 amide bonds. The van der Waals surface area contributed by atoms with Crippen LogP contribution in [-0.4, -0.2) is 47.2 Å². The first-order chi connectivity index (χ1) is 13.5. The minimum atomic E-state index is -4.64. The van der Waals surface area contributed by atoms with Crippen LogP contribution in [0.4, 0.5) is 17.6 Å². The maximum atomic E-state index is 15.1. The molecule has 6 fully saturated rings. The van der Waals surface area contributed by atoms with E-state index in [0.717, 1.165) is 32.1 Å². The van der Waals surface area contributed by atoms with Crippen molar-refractivity contribution in [2.45, 2.75) is 81.5 Å². The summed E-state index contributed by atoms with van der Waals surface area (Å²) >= 11 is 0. The molecule has 1 heterocycles. The van der Waals surface area contributed by atoms with Crippen molar-refractivity contribution in [1.29, 1.82) is 0 Å². The van der Waals surface area contributed by atoms with Gasteiger partial charge in [0.2, 0.25) is 12.2 Å². The lowest BCUT2D eigenvalue weighted by molar-refractivity contribution is -0.156. The molecule has 6 atom stereocenters. The van der Waals surface area contributed by atoms with E-state index in [9.17, 15) is 18.0 Å². The van der Waals surface area contributed by atoms with Crippen LogP contribution in [-0.2, 0) is 9.59 Å². The van der Waals surface area contributed by atoms with E-state index in [2.05, 4.69) is 4.85 Å². The number of likely N-dealkylation sites (tertiary alicyclic amines) is 1.